The van der Waals surface area contributed by atoms with Gasteiger partial charge in [0.2, 0.25) is 0 Å². The van der Waals surface area contributed by atoms with Crippen LogP contribution < -0.4 is 0 Å². The first-order valence-electron chi connectivity index (χ1n) is 10.6. The molecule has 0 nitrogen and oxygen atoms in total. The van der Waals surface area contributed by atoms with Gasteiger partial charge in [0.15, 0.2) is 0 Å². The van der Waals surface area contributed by atoms with E-state index in [-0.39, 0.29) is 5.41 Å². The molecule has 0 heterocycles. The number of allylic oxidation sites excluding steroid dienone is 6. The molecule has 0 N–H and O–H groups in total. The Hall–Kier alpha value is -1.82. The van der Waals surface area contributed by atoms with E-state index in [0.29, 0.717) is 5.92 Å². The molecule has 0 aliphatic rings. The van der Waals surface area contributed by atoms with Gasteiger partial charge in [0.05, 0.1) is 0 Å². The molecule has 0 saturated heterocycles. The lowest BCUT2D eigenvalue weighted by atomic mass is 9.65. The van der Waals surface area contributed by atoms with Crippen LogP contribution in [0.4, 0.5) is 0 Å². The lowest BCUT2D eigenvalue weighted by molar-refractivity contribution is 0.196. The van der Waals surface area contributed by atoms with E-state index < -0.39 is 0 Å². The Morgan fingerprint density at radius 3 is 2.41 bits per heavy atom. The highest BCUT2D eigenvalue weighted by atomic mass is 14.4. The van der Waals surface area contributed by atoms with Crippen molar-refractivity contribution >= 4 is 0 Å². The topological polar surface area (TPSA) is 0 Å². The van der Waals surface area contributed by atoms with Crippen molar-refractivity contribution in [3.63, 3.8) is 0 Å². The molecule has 0 bridgehead atoms. The molecule has 1 aromatic carbocycles. The maximum atomic E-state index is 4.39. The maximum Gasteiger partial charge on any atom is -0.00860 e. The zero-order chi connectivity index (χ0) is 20.1. The molecule has 0 fully saturated rings. The second-order valence-electron chi connectivity index (χ2n) is 7.92. The molecule has 0 aliphatic heterocycles. The molecule has 0 heteroatoms. The molecule has 148 valence electrons. The minimum atomic E-state index is 0.150. The van der Waals surface area contributed by atoms with Crippen LogP contribution in [0, 0.1) is 11.3 Å². The van der Waals surface area contributed by atoms with E-state index in [1.165, 1.54) is 23.1 Å². The molecule has 0 aromatic heterocycles. The fraction of sp³-hybridized carbons (Fsp3) is 0.481. The summed E-state index contributed by atoms with van der Waals surface area (Å²) in [5.74, 6) is 0.552. The summed E-state index contributed by atoms with van der Waals surface area (Å²) in [6.07, 6.45) is 16.6. The molecule has 0 aliphatic carbocycles. The smallest absolute Gasteiger partial charge is 0.00860 e. The SMILES string of the molecule is C=CC(CC)(CC/C(C)=C/C=C\C)C(CC(=C)CCC)Cc1ccccc1. The highest BCUT2D eigenvalue weighted by Crippen LogP contribution is 2.44. The summed E-state index contributed by atoms with van der Waals surface area (Å²) in [6, 6.07) is 10.9. The van der Waals surface area contributed by atoms with E-state index in [1.54, 1.807) is 0 Å². The van der Waals surface area contributed by atoms with Crippen molar-refractivity contribution in [2.45, 2.75) is 72.6 Å². The van der Waals surface area contributed by atoms with Gasteiger partial charge in [-0.05, 0) is 69.3 Å². The summed E-state index contributed by atoms with van der Waals surface area (Å²) >= 11 is 0. The molecule has 0 saturated carbocycles. The van der Waals surface area contributed by atoms with Gasteiger partial charge in [-0.3, -0.25) is 0 Å². The molecule has 2 unspecified atom stereocenters. The summed E-state index contributed by atoms with van der Waals surface area (Å²) in [4.78, 5) is 0. The normalized spacial score (nSPS) is 15.5. The lowest BCUT2D eigenvalue weighted by Crippen LogP contribution is -2.30. The van der Waals surface area contributed by atoms with Gasteiger partial charge in [0, 0.05) is 0 Å². The first-order chi connectivity index (χ1) is 13.0. The van der Waals surface area contributed by atoms with Crippen LogP contribution in [0.15, 0.2) is 78.9 Å². The van der Waals surface area contributed by atoms with Crippen molar-refractivity contribution in [2.24, 2.45) is 11.3 Å². The Kier molecular flexibility index (Phi) is 10.8. The van der Waals surface area contributed by atoms with Crippen molar-refractivity contribution < 1.29 is 0 Å². The summed E-state index contributed by atoms with van der Waals surface area (Å²) in [7, 11) is 0. The van der Waals surface area contributed by atoms with Crippen LogP contribution >= 0.6 is 0 Å². The molecular formula is C27H40. The minimum Gasteiger partial charge on any atom is -0.103 e. The number of rotatable bonds is 13. The molecule has 1 rings (SSSR count). The van der Waals surface area contributed by atoms with E-state index in [4.69, 9.17) is 0 Å². The Morgan fingerprint density at radius 1 is 1.15 bits per heavy atom. The van der Waals surface area contributed by atoms with Crippen LogP contribution in [0.2, 0.25) is 0 Å². The van der Waals surface area contributed by atoms with E-state index in [9.17, 15) is 0 Å². The highest BCUT2D eigenvalue weighted by molar-refractivity contribution is 5.19. The van der Waals surface area contributed by atoms with Crippen molar-refractivity contribution in [2.75, 3.05) is 0 Å². The van der Waals surface area contributed by atoms with Gasteiger partial charge in [-0.15, -0.1) is 6.58 Å². The Labute approximate surface area is 168 Å². The zero-order valence-corrected chi connectivity index (χ0v) is 18.1. The Balaban J connectivity index is 3.08. The molecule has 1 aromatic rings. The van der Waals surface area contributed by atoms with Gasteiger partial charge >= 0.3 is 0 Å². The monoisotopic (exact) mass is 364 g/mol. The van der Waals surface area contributed by atoms with Gasteiger partial charge in [-0.25, -0.2) is 0 Å². The first-order valence-corrected chi connectivity index (χ1v) is 10.6. The number of hydrogen-bond donors (Lipinski definition) is 0. The Bertz CT molecular complexity index is 617. The van der Waals surface area contributed by atoms with Crippen molar-refractivity contribution in [1.82, 2.24) is 0 Å². The largest absolute Gasteiger partial charge is 0.103 e. The summed E-state index contributed by atoms with van der Waals surface area (Å²) < 4.78 is 0. The average molecular weight is 365 g/mol. The first kappa shape index (κ1) is 23.2. The van der Waals surface area contributed by atoms with Crippen LogP contribution in [-0.4, -0.2) is 0 Å². The van der Waals surface area contributed by atoms with E-state index >= 15 is 0 Å². The van der Waals surface area contributed by atoms with Gasteiger partial charge in [-0.2, -0.15) is 0 Å². The lowest BCUT2D eigenvalue weighted by Gasteiger charge is -2.39. The van der Waals surface area contributed by atoms with E-state index in [2.05, 4.69) is 95.5 Å². The summed E-state index contributed by atoms with van der Waals surface area (Å²) in [5, 5.41) is 0. The molecule has 0 amide bonds. The predicted octanol–water partition coefficient (Wildman–Crippen LogP) is 8.48. The predicted molar refractivity (Wildman–Crippen MR) is 123 cm³/mol. The van der Waals surface area contributed by atoms with Crippen LogP contribution in [0.3, 0.4) is 0 Å². The molecular weight excluding hydrogens is 324 g/mol. The van der Waals surface area contributed by atoms with Crippen LogP contribution in [-0.2, 0) is 6.42 Å². The fourth-order valence-electron chi connectivity index (χ4n) is 4.04. The third-order valence-corrected chi connectivity index (χ3v) is 5.90. The summed E-state index contributed by atoms with van der Waals surface area (Å²) in [6.45, 7) is 17.6. The standard InChI is InChI=1S/C27H40/c1-7-11-16-23(5)19-20-27(9-3,10-4)26(21-24(6)15-8-2)22-25-17-13-12-14-18-25/h7,9,11-14,16-18,26H,3,6,8,10,15,19-22H2,1-2,4-5H3/b11-7-,23-16+. The molecule has 2 atom stereocenters. The fourth-order valence-corrected chi connectivity index (χ4v) is 4.04. The van der Waals surface area contributed by atoms with Gasteiger partial charge in [0.25, 0.3) is 0 Å². The molecule has 27 heavy (non-hydrogen) atoms. The van der Waals surface area contributed by atoms with Crippen LogP contribution in [0.1, 0.15) is 71.8 Å². The van der Waals surface area contributed by atoms with Gasteiger partial charge in [0.1, 0.15) is 0 Å². The van der Waals surface area contributed by atoms with Gasteiger partial charge in [-0.1, -0.05) is 92.6 Å². The number of benzene rings is 1. The average Bonchev–Trinajstić information content (AvgIpc) is 2.68. The third kappa shape index (κ3) is 7.75. The zero-order valence-electron chi connectivity index (χ0n) is 18.1. The maximum absolute atomic E-state index is 4.39. The van der Waals surface area contributed by atoms with Crippen molar-refractivity contribution in [3.8, 4) is 0 Å². The number of hydrogen-bond acceptors (Lipinski definition) is 0. The second-order valence-corrected chi connectivity index (χ2v) is 7.92. The van der Waals surface area contributed by atoms with Crippen molar-refractivity contribution in [3.05, 3.63) is 84.5 Å². The van der Waals surface area contributed by atoms with E-state index in [1.807, 2.05) is 0 Å². The minimum absolute atomic E-state index is 0.150. The van der Waals surface area contributed by atoms with Crippen LogP contribution in [0.25, 0.3) is 0 Å². The highest BCUT2D eigenvalue weighted by Gasteiger charge is 2.34. The summed E-state index contributed by atoms with van der Waals surface area (Å²) in [5.41, 5.74) is 4.41. The molecule has 0 radical (unpaired) electrons. The third-order valence-electron chi connectivity index (χ3n) is 5.90. The van der Waals surface area contributed by atoms with Crippen molar-refractivity contribution in [1.29, 1.82) is 0 Å². The molecule has 0 spiro atoms. The van der Waals surface area contributed by atoms with E-state index in [0.717, 1.165) is 38.5 Å². The van der Waals surface area contributed by atoms with Crippen LogP contribution in [0.5, 0.6) is 0 Å². The Morgan fingerprint density at radius 2 is 1.85 bits per heavy atom. The second kappa shape index (κ2) is 12.5. The van der Waals surface area contributed by atoms with Gasteiger partial charge < -0.3 is 0 Å². The quantitative estimate of drug-likeness (QED) is 0.243.